The van der Waals surface area contributed by atoms with Crippen LogP contribution >= 0.6 is 0 Å². The fourth-order valence-corrected chi connectivity index (χ4v) is 3.20. The molecule has 0 spiro atoms. The Kier molecular flexibility index (Phi) is 3.20. The van der Waals surface area contributed by atoms with Gasteiger partial charge < -0.3 is 15.1 Å². The van der Waals surface area contributed by atoms with Crippen molar-refractivity contribution < 1.29 is 19.8 Å². The minimum Gasteiger partial charge on any atom is -0.480 e. The monoisotopic (exact) mass is 290 g/mol. The number of aliphatic carboxylic acids is 1. The maximum Gasteiger partial charge on any atom is 0.326 e. The summed E-state index contributed by atoms with van der Waals surface area (Å²) in [7, 11) is 0. The fourth-order valence-electron chi connectivity index (χ4n) is 3.20. The highest BCUT2D eigenvalue weighted by Crippen LogP contribution is 2.48. The molecule has 4 atom stereocenters. The van der Waals surface area contributed by atoms with Crippen molar-refractivity contribution in [2.75, 3.05) is 0 Å². The third kappa shape index (κ3) is 2.29. The van der Waals surface area contributed by atoms with E-state index >= 15 is 0 Å². The van der Waals surface area contributed by atoms with Crippen LogP contribution in [0.5, 0.6) is 0 Å². The molecule has 21 heavy (non-hydrogen) atoms. The first-order valence-electron chi connectivity index (χ1n) is 7.10. The number of aliphatic hydroxyl groups excluding tert-OH is 1. The van der Waals surface area contributed by atoms with E-state index in [2.05, 4.69) is 4.98 Å². The van der Waals surface area contributed by atoms with Crippen molar-refractivity contribution in [3.8, 4) is 0 Å². The summed E-state index contributed by atoms with van der Waals surface area (Å²) in [5, 5.41) is 19.1. The normalized spacial score (nSPS) is 28.1. The van der Waals surface area contributed by atoms with Crippen molar-refractivity contribution >= 4 is 11.9 Å². The van der Waals surface area contributed by atoms with Crippen LogP contribution in [0, 0.1) is 12.8 Å². The first-order chi connectivity index (χ1) is 9.90. The molecule has 1 aromatic rings. The molecule has 2 fully saturated rings. The molecule has 1 aliphatic carbocycles. The van der Waals surface area contributed by atoms with Crippen LogP contribution in [0.2, 0.25) is 0 Å². The fraction of sp³-hybridized carbons (Fsp3) is 0.533. The van der Waals surface area contributed by atoms with Gasteiger partial charge in [0.2, 0.25) is 0 Å². The highest BCUT2D eigenvalue weighted by molar-refractivity contribution is 5.99. The van der Waals surface area contributed by atoms with Crippen LogP contribution in [0.3, 0.4) is 0 Å². The minimum absolute atomic E-state index is 0.0360. The molecule has 2 heterocycles. The Morgan fingerprint density at radius 3 is 2.76 bits per heavy atom. The molecule has 112 valence electrons. The summed E-state index contributed by atoms with van der Waals surface area (Å²) >= 11 is 0. The Morgan fingerprint density at radius 1 is 1.43 bits per heavy atom. The molecule has 6 heteroatoms. The zero-order valence-electron chi connectivity index (χ0n) is 12.0. The van der Waals surface area contributed by atoms with Gasteiger partial charge in [0.1, 0.15) is 6.04 Å². The quantitative estimate of drug-likeness (QED) is 0.871. The Bertz CT molecular complexity index is 614. The highest BCUT2D eigenvalue weighted by atomic mass is 16.4. The Morgan fingerprint density at radius 2 is 2.14 bits per heavy atom. The van der Waals surface area contributed by atoms with Gasteiger partial charge in [-0.15, -0.1) is 0 Å². The number of pyridine rings is 1. The zero-order valence-corrected chi connectivity index (χ0v) is 12.0. The second-order valence-corrected chi connectivity index (χ2v) is 5.95. The van der Waals surface area contributed by atoms with Crippen LogP contribution in [0.4, 0.5) is 0 Å². The van der Waals surface area contributed by atoms with Crippen LogP contribution in [0.15, 0.2) is 12.3 Å². The minimum atomic E-state index is -0.958. The number of carboxylic acid groups (broad SMARTS) is 1. The van der Waals surface area contributed by atoms with Crippen LogP contribution < -0.4 is 0 Å². The molecule has 1 aromatic heterocycles. The predicted molar refractivity (Wildman–Crippen MR) is 73.7 cm³/mol. The molecule has 0 radical (unpaired) electrons. The van der Waals surface area contributed by atoms with Gasteiger partial charge in [0.15, 0.2) is 0 Å². The van der Waals surface area contributed by atoms with E-state index in [0.29, 0.717) is 29.2 Å². The van der Waals surface area contributed by atoms with Crippen molar-refractivity contribution in [3.63, 3.8) is 0 Å². The molecular formula is C15H18N2O4. The summed E-state index contributed by atoms with van der Waals surface area (Å²) in [6.45, 7) is 3.34. The van der Waals surface area contributed by atoms with Crippen LogP contribution in [0.25, 0.3) is 0 Å². The largest absolute Gasteiger partial charge is 0.480 e. The van der Waals surface area contributed by atoms with E-state index in [-0.39, 0.29) is 11.9 Å². The predicted octanol–water partition coefficient (Wildman–Crippen LogP) is 1.13. The van der Waals surface area contributed by atoms with Crippen molar-refractivity contribution in [1.29, 1.82) is 0 Å². The lowest BCUT2D eigenvalue weighted by Crippen LogP contribution is -2.43. The number of hydrogen-bond acceptors (Lipinski definition) is 4. The SMILES string of the molecule is Cc1cc(C(=O)N2[C@@H](C(=O)O)C[C@H]3C[C@H]32)c(C(C)O)cn1. The van der Waals surface area contributed by atoms with Gasteiger partial charge in [0.05, 0.1) is 6.10 Å². The summed E-state index contributed by atoms with van der Waals surface area (Å²) in [6.07, 6.45) is 2.07. The number of rotatable bonds is 3. The molecule has 3 rings (SSSR count). The van der Waals surface area contributed by atoms with E-state index in [1.165, 1.54) is 11.1 Å². The molecule has 0 bridgehead atoms. The molecule has 1 saturated carbocycles. The van der Waals surface area contributed by atoms with Crippen LogP contribution in [-0.4, -0.2) is 44.1 Å². The Balaban J connectivity index is 1.98. The average molecular weight is 290 g/mol. The molecule has 2 aliphatic rings. The van der Waals surface area contributed by atoms with E-state index in [9.17, 15) is 19.8 Å². The number of hydrogen-bond donors (Lipinski definition) is 2. The summed E-state index contributed by atoms with van der Waals surface area (Å²) in [6, 6.07) is 0.907. The summed E-state index contributed by atoms with van der Waals surface area (Å²) < 4.78 is 0. The van der Waals surface area contributed by atoms with Gasteiger partial charge in [-0.3, -0.25) is 9.78 Å². The maximum absolute atomic E-state index is 12.8. The lowest BCUT2D eigenvalue weighted by atomic mass is 10.0. The van der Waals surface area contributed by atoms with Crippen LogP contribution in [-0.2, 0) is 4.79 Å². The van der Waals surface area contributed by atoms with Crippen molar-refractivity contribution in [1.82, 2.24) is 9.88 Å². The number of amides is 1. The standard InChI is InChI=1S/C15H18N2O4/c1-7-3-10(11(6-16-7)8(2)18)14(19)17-12-4-9(12)5-13(17)15(20)21/h3,6,8-9,12-13,18H,4-5H2,1-2H3,(H,20,21)/t8?,9-,12-,13-/m1/s1. The lowest BCUT2D eigenvalue weighted by Gasteiger charge is -2.26. The van der Waals surface area contributed by atoms with Gasteiger partial charge in [-0.25, -0.2) is 4.79 Å². The molecular weight excluding hydrogens is 272 g/mol. The second-order valence-electron chi connectivity index (χ2n) is 5.95. The van der Waals surface area contributed by atoms with Crippen molar-refractivity contribution in [3.05, 3.63) is 29.1 Å². The first-order valence-corrected chi connectivity index (χ1v) is 7.10. The molecule has 0 aromatic carbocycles. The number of fused-ring (bicyclic) bond motifs is 1. The topological polar surface area (TPSA) is 90.7 Å². The van der Waals surface area contributed by atoms with E-state index in [1.807, 2.05) is 0 Å². The van der Waals surface area contributed by atoms with E-state index in [1.54, 1.807) is 19.9 Å². The molecule has 1 unspecified atom stereocenters. The smallest absolute Gasteiger partial charge is 0.326 e. The maximum atomic E-state index is 12.8. The first kappa shape index (κ1) is 14.0. The number of nitrogens with zero attached hydrogens (tertiary/aromatic N) is 2. The molecule has 1 saturated heterocycles. The Hall–Kier alpha value is -1.95. The zero-order chi connectivity index (χ0) is 15.3. The highest BCUT2D eigenvalue weighted by Gasteiger charge is 2.56. The van der Waals surface area contributed by atoms with E-state index in [0.717, 1.165) is 6.42 Å². The van der Waals surface area contributed by atoms with Gasteiger partial charge in [0, 0.05) is 29.1 Å². The van der Waals surface area contributed by atoms with E-state index in [4.69, 9.17) is 0 Å². The third-order valence-electron chi connectivity index (χ3n) is 4.38. The lowest BCUT2D eigenvalue weighted by molar-refractivity contribution is -0.141. The van der Waals surface area contributed by atoms with Gasteiger partial charge >= 0.3 is 5.97 Å². The second kappa shape index (κ2) is 4.80. The number of aryl methyl sites for hydroxylation is 1. The number of aliphatic hydroxyl groups is 1. The molecule has 6 nitrogen and oxygen atoms in total. The summed E-state index contributed by atoms with van der Waals surface area (Å²) in [5.74, 6) is -0.957. The van der Waals surface area contributed by atoms with Gasteiger partial charge in [0.25, 0.3) is 5.91 Å². The molecule has 2 N–H and O–H groups in total. The number of aromatic nitrogens is 1. The van der Waals surface area contributed by atoms with E-state index < -0.39 is 18.1 Å². The summed E-state index contributed by atoms with van der Waals surface area (Å²) in [5.41, 5.74) is 1.47. The van der Waals surface area contributed by atoms with Gasteiger partial charge in [-0.1, -0.05) is 0 Å². The van der Waals surface area contributed by atoms with Gasteiger partial charge in [-0.05, 0) is 38.7 Å². The molecule has 1 amide bonds. The van der Waals surface area contributed by atoms with Crippen molar-refractivity contribution in [2.24, 2.45) is 5.92 Å². The van der Waals surface area contributed by atoms with Crippen LogP contribution in [0.1, 0.15) is 47.5 Å². The average Bonchev–Trinajstić information content (AvgIpc) is 3.08. The number of carbonyl (C=O) groups excluding carboxylic acids is 1. The van der Waals surface area contributed by atoms with Crippen molar-refractivity contribution in [2.45, 2.75) is 44.9 Å². The number of piperidine rings is 1. The molecule has 1 aliphatic heterocycles. The number of carboxylic acids is 1. The van der Waals surface area contributed by atoms with Gasteiger partial charge in [-0.2, -0.15) is 0 Å². The Labute approximate surface area is 122 Å². The number of carbonyl (C=O) groups is 2. The summed E-state index contributed by atoms with van der Waals surface area (Å²) in [4.78, 5) is 29.7. The third-order valence-corrected chi connectivity index (χ3v) is 4.38. The number of likely N-dealkylation sites (tertiary alicyclic amines) is 1.